The van der Waals surface area contributed by atoms with Gasteiger partial charge in [-0.25, -0.2) is 4.98 Å². The second-order valence-electron chi connectivity index (χ2n) is 7.92. The molecule has 34 heavy (non-hydrogen) atoms. The van der Waals surface area contributed by atoms with E-state index in [1.54, 1.807) is 38.1 Å². The molecule has 11 nitrogen and oxygen atoms in total. The highest BCUT2D eigenvalue weighted by atomic mass is 16.4. The van der Waals surface area contributed by atoms with E-state index < -0.39 is 17.9 Å². The molecule has 5 N–H and O–H groups in total. The molecule has 1 amide bonds. The van der Waals surface area contributed by atoms with Gasteiger partial charge in [0, 0.05) is 17.9 Å². The largest absolute Gasteiger partial charge is 0.481 e. The number of aromatic nitrogens is 2. The monoisotopic (exact) mass is 464 g/mol. The zero-order chi connectivity index (χ0) is 24.8. The summed E-state index contributed by atoms with van der Waals surface area (Å²) in [6.45, 7) is 3.39. The number of carboxylic acids is 1. The number of nitrogens with one attached hydrogen (secondary N) is 2. The number of aromatic amines is 1. The Hall–Kier alpha value is -4.41. The second-order valence-corrected chi connectivity index (χ2v) is 7.92. The summed E-state index contributed by atoms with van der Waals surface area (Å²) in [6.07, 6.45) is -0.214. The van der Waals surface area contributed by atoms with Crippen molar-refractivity contribution >= 4 is 45.9 Å². The number of carbonyl (C=O) groups excluding carboxylic acids is 2. The third-order valence-corrected chi connectivity index (χ3v) is 4.98. The summed E-state index contributed by atoms with van der Waals surface area (Å²) in [4.78, 5) is 54.3. The lowest BCUT2D eigenvalue weighted by atomic mass is 9.97. The molecule has 1 heterocycles. The van der Waals surface area contributed by atoms with Crippen molar-refractivity contribution in [3.05, 3.63) is 58.4 Å². The number of nitrogens with two attached hydrogens (primary N) is 1. The van der Waals surface area contributed by atoms with E-state index in [9.17, 15) is 19.2 Å². The summed E-state index contributed by atoms with van der Waals surface area (Å²) in [5.41, 5.74) is 6.77. The van der Waals surface area contributed by atoms with Gasteiger partial charge in [-0.2, -0.15) is 10.2 Å². The maximum atomic E-state index is 12.6. The van der Waals surface area contributed by atoms with Crippen molar-refractivity contribution in [2.75, 3.05) is 5.73 Å². The van der Waals surface area contributed by atoms with E-state index in [0.29, 0.717) is 22.3 Å². The molecule has 3 aromatic rings. The van der Waals surface area contributed by atoms with Crippen molar-refractivity contribution in [3.8, 4) is 0 Å². The Bertz CT molecular complexity index is 1310. The molecular weight excluding hydrogens is 440 g/mol. The number of nitrogen functional groups attached to an aromatic ring is 1. The molecule has 0 saturated heterocycles. The number of fused-ring (bicyclic) bond motifs is 1. The second kappa shape index (κ2) is 10.5. The average Bonchev–Trinajstić information content (AvgIpc) is 2.80. The SMILES string of the molecule is CC(C)C(=O)C(CCC(=O)O)NC(=O)c1ccc(/N=N/c2ccc3nc(N)[nH]c(=O)c3c2)cc1. The topological polar surface area (TPSA) is 180 Å². The normalized spacial score (nSPS) is 12.2. The minimum absolute atomic E-state index is 0.0150. The van der Waals surface area contributed by atoms with Gasteiger partial charge in [-0.05, 0) is 48.9 Å². The van der Waals surface area contributed by atoms with Crippen LogP contribution >= 0.6 is 0 Å². The number of hydrogen-bond donors (Lipinski definition) is 4. The number of ketones is 1. The quantitative estimate of drug-likeness (QED) is 0.351. The molecule has 0 fully saturated rings. The number of anilines is 1. The van der Waals surface area contributed by atoms with Crippen molar-refractivity contribution in [1.82, 2.24) is 15.3 Å². The van der Waals surface area contributed by atoms with E-state index in [4.69, 9.17) is 10.8 Å². The summed E-state index contributed by atoms with van der Waals surface area (Å²) < 4.78 is 0. The highest BCUT2D eigenvalue weighted by molar-refractivity contribution is 5.98. The number of hydrogen-bond acceptors (Lipinski definition) is 8. The smallest absolute Gasteiger partial charge is 0.303 e. The van der Waals surface area contributed by atoms with E-state index in [1.807, 2.05) is 0 Å². The number of carboxylic acid groups (broad SMARTS) is 1. The molecule has 0 aliphatic carbocycles. The molecule has 0 saturated carbocycles. The van der Waals surface area contributed by atoms with Gasteiger partial charge < -0.3 is 16.2 Å². The summed E-state index contributed by atoms with van der Waals surface area (Å²) in [5.74, 6) is -2.08. The zero-order valence-electron chi connectivity index (χ0n) is 18.6. The fraction of sp³-hybridized carbons (Fsp3) is 0.261. The Labute approximate surface area is 194 Å². The first kappa shape index (κ1) is 24.2. The number of Topliss-reactive ketones (excluding diaryl/α,β-unsaturated/α-hetero) is 1. The molecule has 0 aliphatic rings. The molecule has 3 rings (SSSR count). The molecular formula is C23H24N6O5. The Kier molecular flexibility index (Phi) is 7.46. The maximum absolute atomic E-state index is 12.6. The van der Waals surface area contributed by atoms with Gasteiger partial charge in [0.2, 0.25) is 5.95 Å². The van der Waals surface area contributed by atoms with Crippen molar-refractivity contribution in [3.63, 3.8) is 0 Å². The third-order valence-electron chi connectivity index (χ3n) is 4.98. The number of H-pyrrole nitrogens is 1. The molecule has 2 aromatic carbocycles. The molecule has 0 aliphatic heterocycles. The van der Waals surface area contributed by atoms with Crippen LogP contribution in [0.5, 0.6) is 0 Å². The predicted molar refractivity (Wildman–Crippen MR) is 125 cm³/mol. The Morgan fingerprint density at radius 3 is 2.38 bits per heavy atom. The van der Waals surface area contributed by atoms with Crippen LogP contribution in [0.2, 0.25) is 0 Å². The first-order valence-electron chi connectivity index (χ1n) is 10.5. The summed E-state index contributed by atoms with van der Waals surface area (Å²) in [5, 5.41) is 20.1. The number of rotatable bonds is 9. The number of aliphatic carboxylic acids is 1. The van der Waals surface area contributed by atoms with Crippen LogP contribution in [-0.4, -0.2) is 38.8 Å². The fourth-order valence-corrected chi connectivity index (χ4v) is 3.20. The van der Waals surface area contributed by atoms with Gasteiger partial charge in [0.1, 0.15) is 0 Å². The van der Waals surface area contributed by atoms with Gasteiger partial charge >= 0.3 is 5.97 Å². The van der Waals surface area contributed by atoms with Gasteiger partial charge in [0.05, 0.1) is 28.3 Å². The van der Waals surface area contributed by atoms with Crippen LogP contribution in [0.4, 0.5) is 17.3 Å². The fourth-order valence-electron chi connectivity index (χ4n) is 3.20. The van der Waals surface area contributed by atoms with Crippen molar-refractivity contribution in [2.24, 2.45) is 16.1 Å². The van der Waals surface area contributed by atoms with Crippen LogP contribution in [0.15, 0.2) is 57.5 Å². The summed E-state index contributed by atoms with van der Waals surface area (Å²) in [7, 11) is 0. The minimum Gasteiger partial charge on any atom is -0.481 e. The average molecular weight is 464 g/mol. The van der Waals surface area contributed by atoms with Crippen LogP contribution in [0.1, 0.15) is 37.0 Å². The lowest BCUT2D eigenvalue weighted by Gasteiger charge is -2.19. The van der Waals surface area contributed by atoms with E-state index in [0.717, 1.165) is 0 Å². The highest BCUT2D eigenvalue weighted by Gasteiger charge is 2.24. The number of nitrogens with zero attached hydrogens (tertiary/aromatic N) is 3. The lowest BCUT2D eigenvalue weighted by Crippen LogP contribution is -2.43. The molecule has 0 radical (unpaired) electrons. The van der Waals surface area contributed by atoms with Crippen LogP contribution in [-0.2, 0) is 9.59 Å². The van der Waals surface area contributed by atoms with Gasteiger partial charge in [0.15, 0.2) is 5.78 Å². The van der Waals surface area contributed by atoms with Crippen LogP contribution < -0.4 is 16.6 Å². The predicted octanol–water partition coefficient (Wildman–Crippen LogP) is 3.11. The first-order valence-corrected chi connectivity index (χ1v) is 10.5. The molecule has 11 heteroatoms. The first-order chi connectivity index (χ1) is 16.1. The van der Waals surface area contributed by atoms with E-state index in [2.05, 4.69) is 25.5 Å². The van der Waals surface area contributed by atoms with Crippen LogP contribution in [0.25, 0.3) is 10.9 Å². The van der Waals surface area contributed by atoms with Crippen LogP contribution in [0, 0.1) is 5.92 Å². The Morgan fingerprint density at radius 2 is 1.74 bits per heavy atom. The summed E-state index contributed by atoms with van der Waals surface area (Å²) in [6, 6.07) is 10.1. The van der Waals surface area contributed by atoms with Gasteiger partial charge in [-0.1, -0.05) is 13.8 Å². The number of azo groups is 1. The number of carbonyl (C=O) groups is 3. The van der Waals surface area contributed by atoms with E-state index in [1.165, 1.54) is 18.2 Å². The van der Waals surface area contributed by atoms with Crippen molar-refractivity contribution in [2.45, 2.75) is 32.7 Å². The van der Waals surface area contributed by atoms with Gasteiger partial charge in [-0.3, -0.25) is 24.2 Å². The number of amides is 1. The van der Waals surface area contributed by atoms with Crippen molar-refractivity contribution < 1.29 is 19.5 Å². The third kappa shape index (κ3) is 6.09. The summed E-state index contributed by atoms with van der Waals surface area (Å²) >= 11 is 0. The molecule has 1 aromatic heterocycles. The Balaban J connectivity index is 1.71. The van der Waals surface area contributed by atoms with Crippen LogP contribution in [0.3, 0.4) is 0 Å². The molecule has 0 bridgehead atoms. The minimum atomic E-state index is -1.04. The lowest BCUT2D eigenvalue weighted by molar-refractivity contribution is -0.137. The van der Waals surface area contributed by atoms with Gasteiger partial charge in [0.25, 0.3) is 11.5 Å². The highest BCUT2D eigenvalue weighted by Crippen LogP contribution is 2.21. The Morgan fingerprint density at radius 1 is 1.09 bits per heavy atom. The van der Waals surface area contributed by atoms with E-state index >= 15 is 0 Å². The molecule has 1 unspecified atom stereocenters. The zero-order valence-corrected chi connectivity index (χ0v) is 18.6. The van der Waals surface area contributed by atoms with E-state index in [-0.39, 0.29) is 41.6 Å². The standard InChI is InChI=1S/C23H24N6O5/c1-12(2)20(32)18(9-10-19(30)31)25-21(33)13-3-5-14(6-4-13)28-29-15-7-8-17-16(11-15)22(34)27-23(24)26-17/h3-8,11-12,18H,9-10H2,1-2H3,(H,25,33)(H,30,31)(H3,24,26,27,34)/b29-28+. The van der Waals surface area contributed by atoms with Crippen molar-refractivity contribution in [1.29, 1.82) is 0 Å². The molecule has 0 spiro atoms. The molecule has 1 atom stereocenters. The number of benzene rings is 2. The molecule has 176 valence electrons. The maximum Gasteiger partial charge on any atom is 0.303 e. The van der Waals surface area contributed by atoms with Gasteiger partial charge in [-0.15, -0.1) is 0 Å².